The van der Waals surface area contributed by atoms with Gasteiger partial charge in [0.2, 0.25) is 0 Å². The number of phosphoric ester groups is 1. The van der Waals surface area contributed by atoms with Gasteiger partial charge in [-0.15, -0.1) is 0 Å². The molecule has 292 valence electrons. The molecule has 0 spiro atoms. The van der Waals surface area contributed by atoms with Crippen LogP contribution < -0.4 is 4.89 Å². The number of phosphoric acid groups is 1. The van der Waals surface area contributed by atoms with E-state index < -0.39 is 26.5 Å². The number of likely N-dealkylation sites (N-methyl/N-ethyl adjacent to an activating group) is 1. The Kier molecular flexibility index (Phi) is 34.7. The maximum atomic E-state index is 12.6. The lowest BCUT2D eigenvalue weighted by molar-refractivity contribution is -0.228. The molecule has 0 saturated carbocycles. The van der Waals surface area contributed by atoms with Crippen LogP contribution in [0, 0.1) is 0 Å². The zero-order chi connectivity index (χ0) is 36.3. The molecule has 0 bridgehead atoms. The van der Waals surface area contributed by atoms with Gasteiger partial charge >= 0.3 is 11.9 Å². The van der Waals surface area contributed by atoms with Crippen molar-refractivity contribution < 1.29 is 37.6 Å². The lowest BCUT2D eigenvalue weighted by Gasteiger charge is -2.26. The number of ether oxygens (including phenoxy) is 2. The minimum absolute atomic E-state index is 0.0502. The highest BCUT2D eigenvalue weighted by molar-refractivity contribution is 7.45. The van der Waals surface area contributed by atoms with Crippen molar-refractivity contribution >= 4 is 19.8 Å². The average molecular weight is 719 g/mol. The lowest BCUT2D eigenvalue weighted by atomic mass is 10.0. The first-order chi connectivity index (χ1) is 23.7. The Balaban J connectivity index is 4.30. The standard InChI is InChI=1S/C39H78NO8P/c1-5-7-9-11-13-15-17-19-21-23-25-27-29-31-38(41)45-35-37(36-47-49(43,44)46-34-33-40(3)4)48-39(42)32-30-28-26-24-22-20-18-16-14-12-10-8-6-2/h37H,5-36H2,1-4H3,(H,43,44)/p-1/t37-/m1/s1. The summed E-state index contributed by atoms with van der Waals surface area (Å²) >= 11 is 0. The predicted molar refractivity (Wildman–Crippen MR) is 200 cm³/mol. The fraction of sp³-hybridized carbons (Fsp3) is 0.949. The summed E-state index contributed by atoms with van der Waals surface area (Å²) in [7, 11) is -0.988. The van der Waals surface area contributed by atoms with Gasteiger partial charge in [-0.1, -0.05) is 168 Å². The van der Waals surface area contributed by atoms with Crippen molar-refractivity contribution in [1.29, 1.82) is 0 Å². The van der Waals surface area contributed by atoms with Crippen LogP contribution in [0.1, 0.15) is 194 Å². The minimum Gasteiger partial charge on any atom is -0.756 e. The highest BCUT2D eigenvalue weighted by Gasteiger charge is 2.21. The smallest absolute Gasteiger partial charge is 0.306 e. The maximum Gasteiger partial charge on any atom is 0.306 e. The van der Waals surface area contributed by atoms with Crippen molar-refractivity contribution in [3.63, 3.8) is 0 Å². The molecule has 0 N–H and O–H groups in total. The highest BCUT2D eigenvalue weighted by Crippen LogP contribution is 2.38. The Hall–Kier alpha value is -0.990. The molecule has 0 aromatic heterocycles. The van der Waals surface area contributed by atoms with Crippen LogP contribution in [0.5, 0.6) is 0 Å². The summed E-state index contributed by atoms with van der Waals surface area (Å²) < 4.78 is 33.0. The largest absolute Gasteiger partial charge is 0.756 e. The molecule has 9 nitrogen and oxygen atoms in total. The van der Waals surface area contributed by atoms with E-state index in [2.05, 4.69) is 13.8 Å². The summed E-state index contributed by atoms with van der Waals surface area (Å²) in [6, 6.07) is 0. The Morgan fingerprint density at radius 3 is 1.31 bits per heavy atom. The molecular weight excluding hydrogens is 641 g/mol. The molecule has 0 rings (SSSR count). The first kappa shape index (κ1) is 48.0. The average Bonchev–Trinajstić information content (AvgIpc) is 3.06. The van der Waals surface area contributed by atoms with E-state index in [9.17, 15) is 19.0 Å². The van der Waals surface area contributed by atoms with Crippen LogP contribution >= 0.6 is 7.82 Å². The number of hydrogen-bond acceptors (Lipinski definition) is 9. The molecular formula is C39H77NO8P-. The van der Waals surface area contributed by atoms with Crippen molar-refractivity contribution in [3.05, 3.63) is 0 Å². The van der Waals surface area contributed by atoms with Gasteiger partial charge in [-0.2, -0.15) is 0 Å². The van der Waals surface area contributed by atoms with E-state index in [1.165, 1.54) is 128 Å². The van der Waals surface area contributed by atoms with E-state index in [1.807, 2.05) is 0 Å². The second-order valence-electron chi connectivity index (χ2n) is 14.2. The van der Waals surface area contributed by atoms with Crippen LogP contribution in [0.4, 0.5) is 0 Å². The predicted octanol–water partition coefficient (Wildman–Crippen LogP) is 10.5. The third-order valence-electron chi connectivity index (χ3n) is 8.90. The van der Waals surface area contributed by atoms with Gasteiger partial charge in [-0.25, -0.2) is 0 Å². The number of nitrogens with zero attached hydrogens (tertiary/aromatic N) is 1. The van der Waals surface area contributed by atoms with Crippen LogP contribution in [0.25, 0.3) is 0 Å². The minimum atomic E-state index is -4.60. The summed E-state index contributed by atoms with van der Waals surface area (Å²) in [5.41, 5.74) is 0. The molecule has 0 aliphatic carbocycles. The normalized spacial score (nSPS) is 13.4. The molecule has 0 aromatic carbocycles. The molecule has 0 fully saturated rings. The second-order valence-corrected chi connectivity index (χ2v) is 15.6. The number of rotatable bonds is 38. The fourth-order valence-corrected chi connectivity index (χ4v) is 6.47. The molecule has 2 atom stereocenters. The molecule has 0 radical (unpaired) electrons. The SMILES string of the molecule is CCCCCCCCCCCCCCCC(=O)OC[C@H](COP(=O)([O-])OCCN(C)C)OC(=O)CCCCCCCCCCCCCCC. The summed E-state index contributed by atoms with van der Waals surface area (Å²) in [6.45, 7) is 4.14. The number of hydrogen-bond donors (Lipinski definition) is 0. The second kappa shape index (κ2) is 35.4. The van der Waals surface area contributed by atoms with Crippen molar-refractivity contribution in [2.24, 2.45) is 0 Å². The molecule has 0 aromatic rings. The van der Waals surface area contributed by atoms with Gasteiger partial charge in [0.1, 0.15) is 6.61 Å². The molecule has 0 aliphatic heterocycles. The summed E-state index contributed by atoms with van der Waals surface area (Å²) in [4.78, 5) is 39.0. The van der Waals surface area contributed by atoms with Gasteiger partial charge in [0.25, 0.3) is 7.82 Å². The molecule has 1 unspecified atom stereocenters. The third kappa shape index (κ3) is 36.6. The Morgan fingerprint density at radius 2 is 0.918 bits per heavy atom. The van der Waals surface area contributed by atoms with E-state index in [0.717, 1.165) is 32.1 Å². The Morgan fingerprint density at radius 1 is 0.551 bits per heavy atom. The Labute approximate surface area is 301 Å². The summed E-state index contributed by atoms with van der Waals surface area (Å²) in [5, 5.41) is 0. The van der Waals surface area contributed by atoms with Crippen molar-refractivity contribution in [2.75, 3.05) is 40.5 Å². The van der Waals surface area contributed by atoms with Crippen LogP contribution in [0.3, 0.4) is 0 Å². The molecule has 0 aliphatic rings. The number of carbonyl (C=O) groups is 2. The van der Waals surface area contributed by atoms with Crippen LogP contribution in [-0.4, -0.2) is 63.4 Å². The quantitative estimate of drug-likeness (QED) is 0.0349. The lowest BCUT2D eigenvalue weighted by Crippen LogP contribution is -2.30. The molecule has 10 heteroatoms. The summed E-state index contributed by atoms with van der Waals surface area (Å²) in [6.07, 6.45) is 31.2. The first-order valence-electron chi connectivity index (χ1n) is 20.3. The zero-order valence-corrected chi connectivity index (χ0v) is 33.3. The van der Waals surface area contributed by atoms with Gasteiger partial charge in [-0.3, -0.25) is 14.2 Å². The van der Waals surface area contributed by atoms with E-state index in [-0.39, 0.29) is 32.0 Å². The van der Waals surface area contributed by atoms with Crippen LogP contribution in [-0.2, 0) is 32.7 Å². The van der Waals surface area contributed by atoms with Crippen molar-refractivity contribution in [1.82, 2.24) is 4.90 Å². The topological polar surface area (TPSA) is 114 Å². The molecule has 49 heavy (non-hydrogen) atoms. The number of carbonyl (C=O) groups excluding carboxylic acids is 2. The van der Waals surface area contributed by atoms with Gasteiger partial charge in [-0.05, 0) is 26.9 Å². The van der Waals surface area contributed by atoms with Crippen LogP contribution in [0.15, 0.2) is 0 Å². The maximum absolute atomic E-state index is 12.6. The number of esters is 2. The fourth-order valence-electron chi connectivity index (χ4n) is 5.74. The van der Waals surface area contributed by atoms with Gasteiger partial charge in [0, 0.05) is 19.4 Å². The first-order valence-corrected chi connectivity index (χ1v) is 21.8. The monoisotopic (exact) mass is 719 g/mol. The van der Waals surface area contributed by atoms with Gasteiger partial charge in [0.15, 0.2) is 6.10 Å². The van der Waals surface area contributed by atoms with E-state index in [4.69, 9.17) is 18.5 Å². The molecule has 0 amide bonds. The van der Waals surface area contributed by atoms with Crippen LogP contribution in [0.2, 0.25) is 0 Å². The summed E-state index contributed by atoms with van der Waals surface area (Å²) in [5.74, 6) is -0.827. The van der Waals surface area contributed by atoms with Gasteiger partial charge in [0.05, 0.1) is 13.2 Å². The van der Waals surface area contributed by atoms with E-state index >= 15 is 0 Å². The third-order valence-corrected chi connectivity index (χ3v) is 9.87. The van der Waals surface area contributed by atoms with E-state index in [0.29, 0.717) is 13.0 Å². The zero-order valence-electron chi connectivity index (χ0n) is 32.4. The van der Waals surface area contributed by atoms with E-state index in [1.54, 1.807) is 19.0 Å². The molecule has 0 heterocycles. The number of unbranched alkanes of at least 4 members (excludes halogenated alkanes) is 24. The Bertz CT molecular complexity index is 797. The molecule has 0 saturated heterocycles. The van der Waals surface area contributed by atoms with Crippen molar-refractivity contribution in [2.45, 2.75) is 200 Å². The van der Waals surface area contributed by atoms with Gasteiger partial charge < -0.3 is 28.3 Å². The highest BCUT2D eigenvalue weighted by atomic mass is 31.2. The van der Waals surface area contributed by atoms with Crippen molar-refractivity contribution in [3.8, 4) is 0 Å².